The van der Waals surface area contributed by atoms with Crippen LogP contribution in [0.25, 0.3) is 108 Å². The van der Waals surface area contributed by atoms with Crippen molar-refractivity contribution in [2.75, 3.05) is 0 Å². The van der Waals surface area contributed by atoms with Gasteiger partial charge in [-0.2, -0.15) is 0 Å². The molecule has 1 atom stereocenters. The third kappa shape index (κ3) is 4.23. The number of nitrogens with zero attached hydrogens (tertiary/aromatic N) is 3. The van der Waals surface area contributed by atoms with E-state index in [1.807, 2.05) is 11.3 Å². The summed E-state index contributed by atoms with van der Waals surface area (Å²) in [5.74, 6) is 1.39. The Labute approximate surface area is 315 Å². The van der Waals surface area contributed by atoms with Crippen LogP contribution >= 0.6 is 11.3 Å². The average Bonchev–Trinajstić information content (AvgIpc) is 3.68. The van der Waals surface area contributed by atoms with Gasteiger partial charge in [0.15, 0.2) is 5.82 Å². The fourth-order valence-corrected chi connectivity index (χ4v) is 10.6. The number of benzene rings is 8. The third-order valence-electron chi connectivity index (χ3n) is 11.7. The number of thiophene rings is 1. The normalized spacial score (nSPS) is 14.7. The Morgan fingerprint density at radius 3 is 2.19 bits per heavy atom. The van der Waals surface area contributed by atoms with E-state index in [1.54, 1.807) is 0 Å². The van der Waals surface area contributed by atoms with Gasteiger partial charge in [-0.15, -0.1) is 11.3 Å². The maximum Gasteiger partial charge on any atom is 0.165 e. The van der Waals surface area contributed by atoms with Crippen molar-refractivity contribution < 1.29 is 0 Å². The molecule has 0 spiro atoms. The summed E-state index contributed by atoms with van der Waals surface area (Å²) in [7, 11) is 0. The Balaban J connectivity index is 1.33. The topological polar surface area (TPSA) is 30.7 Å². The molecule has 254 valence electrons. The molecule has 0 saturated heterocycles. The van der Waals surface area contributed by atoms with Gasteiger partial charge in [0.2, 0.25) is 0 Å². The Hall–Kier alpha value is -6.36. The van der Waals surface area contributed by atoms with Gasteiger partial charge in [0, 0.05) is 37.2 Å². The van der Waals surface area contributed by atoms with Crippen LogP contribution in [0.3, 0.4) is 0 Å². The fourth-order valence-electron chi connectivity index (χ4n) is 9.28. The Morgan fingerprint density at radius 1 is 0.630 bits per heavy atom. The lowest BCUT2D eigenvalue weighted by atomic mass is 9.90. The van der Waals surface area contributed by atoms with E-state index < -0.39 is 0 Å². The minimum absolute atomic E-state index is 0.522. The second kappa shape index (κ2) is 11.3. The molecular weight excluding hydrogens is 675 g/mol. The van der Waals surface area contributed by atoms with Crippen LogP contribution in [-0.4, -0.2) is 14.5 Å². The highest BCUT2D eigenvalue weighted by molar-refractivity contribution is 7.26. The smallest absolute Gasteiger partial charge is 0.165 e. The van der Waals surface area contributed by atoms with Gasteiger partial charge in [-0.25, -0.2) is 9.97 Å². The Morgan fingerprint density at radius 2 is 1.33 bits per heavy atom. The summed E-state index contributed by atoms with van der Waals surface area (Å²) in [6.07, 6.45) is 6.91. The molecule has 0 aliphatic heterocycles. The van der Waals surface area contributed by atoms with Gasteiger partial charge in [0.25, 0.3) is 0 Å². The number of hydrogen-bond acceptors (Lipinski definition) is 3. The first-order valence-electron chi connectivity index (χ1n) is 18.9. The summed E-state index contributed by atoms with van der Waals surface area (Å²) >= 11 is 1.92. The lowest BCUT2D eigenvalue weighted by Crippen LogP contribution is -2.05. The van der Waals surface area contributed by atoms with Crippen LogP contribution in [0.15, 0.2) is 146 Å². The molecule has 0 saturated carbocycles. The predicted octanol–water partition coefficient (Wildman–Crippen LogP) is 13.8. The fraction of sp³-hybridized carbons (Fsp3) is 0.0800. The summed E-state index contributed by atoms with van der Waals surface area (Å²) < 4.78 is 5.09. The van der Waals surface area contributed by atoms with Crippen molar-refractivity contribution in [1.29, 1.82) is 0 Å². The van der Waals surface area contributed by atoms with E-state index in [0.29, 0.717) is 5.92 Å². The number of para-hydroxylation sites is 1. The van der Waals surface area contributed by atoms with Crippen LogP contribution in [0, 0.1) is 5.92 Å². The predicted molar refractivity (Wildman–Crippen MR) is 231 cm³/mol. The van der Waals surface area contributed by atoms with Crippen LogP contribution < -0.4 is 0 Å². The zero-order chi connectivity index (χ0) is 35.5. The average molecular weight is 708 g/mol. The SMILES string of the molecule is CC1CC=Cc2c(c3c4ccccc4n(-c4nc5c(ccc6ccccc65)nc4-c4cccc5ccccc45)c3c3sc4cc5ccccc5cc4c23)C1. The van der Waals surface area contributed by atoms with E-state index in [0.717, 1.165) is 57.2 Å². The lowest BCUT2D eigenvalue weighted by Gasteiger charge is -2.17. The summed E-state index contributed by atoms with van der Waals surface area (Å²) in [5.41, 5.74) is 8.98. The Kier molecular flexibility index (Phi) is 6.32. The molecular formula is C50H33N3S. The van der Waals surface area contributed by atoms with Crippen molar-refractivity contribution in [3.8, 4) is 17.1 Å². The molecule has 3 nitrogen and oxygen atoms in total. The van der Waals surface area contributed by atoms with Gasteiger partial charge in [-0.1, -0.05) is 134 Å². The van der Waals surface area contributed by atoms with Crippen LogP contribution in [-0.2, 0) is 6.42 Å². The number of rotatable bonds is 2. The van der Waals surface area contributed by atoms with E-state index in [1.165, 1.54) is 69.1 Å². The molecule has 1 aliphatic rings. The molecule has 0 bridgehead atoms. The second-order valence-electron chi connectivity index (χ2n) is 15.0. The third-order valence-corrected chi connectivity index (χ3v) is 12.9. The second-order valence-corrected chi connectivity index (χ2v) is 16.0. The lowest BCUT2D eigenvalue weighted by molar-refractivity contribution is 0.597. The monoisotopic (exact) mass is 707 g/mol. The summed E-state index contributed by atoms with van der Waals surface area (Å²) in [6, 6.07) is 50.7. The molecule has 3 aromatic heterocycles. The molecule has 12 rings (SSSR count). The zero-order valence-corrected chi connectivity index (χ0v) is 30.5. The molecule has 0 N–H and O–H groups in total. The van der Waals surface area contributed by atoms with Crippen molar-refractivity contribution in [1.82, 2.24) is 14.5 Å². The largest absolute Gasteiger partial charge is 0.290 e. The summed E-state index contributed by atoms with van der Waals surface area (Å²) in [4.78, 5) is 11.4. The molecule has 3 heterocycles. The van der Waals surface area contributed by atoms with Crippen molar-refractivity contribution >= 4 is 103 Å². The van der Waals surface area contributed by atoms with Crippen LogP contribution in [0.5, 0.6) is 0 Å². The summed E-state index contributed by atoms with van der Waals surface area (Å²) in [5, 5.41) is 12.5. The van der Waals surface area contributed by atoms with Crippen LogP contribution in [0.4, 0.5) is 0 Å². The van der Waals surface area contributed by atoms with E-state index in [9.17, 15) is 0 Å². The summed E-state index contributed by atoms with van der Waals surface area (Å²) in [6.45, 7) is 2.40. The van der Waals surface area contributed by atoms with Gasteiger partial charge in [0.1, 0.15) is 5.69 Å². The first-order valence-corrected chi connectivity index (χ1v) is 19.7. The molecule has 0 radical (unpaired) electrons. The molecule has 4 heteroatoms. The first kappa shape index (κ1) is 30.1. The molecule has 11 aromatic rings. The van der Waals surface area contributed by atoms with E-state index in [-0.39, 0.29) is 0 Å². The van der Waals surface area contributed by atoms with Gasteiger partial charge in [-0.05, 0) is 81.1 Å². The number of allylic oxidation sites excluding steroid dienone is 1. The molecule has 54 heavy (non-hydrogen) atoms. The highest BCUT2D eigenvalue weighted by Gasteiger charge is 2.28. The first-order chi connectivity index (χ1) is 26.7. The van der Waals surface area contributed by atoms with Crippen LogP contribution in [0.2, 0.25) is 0 Å². The van der Waals surface area contributed by atoms with Crippen molar-refractivity contribution in [2.45, 2.75) is 19.8 Å². The van der Waals surface area contributed by atoms with E-state index in [2.05, 4.69) is 163 Å². The van der Waals surface area contributed by atoms with Gasteiger partial charge >= 0.3 is 0 Å². The van der Waals surface area contributed by atoms with E-state index >= 15 is 0 Å². The van der Waals surface area contributed by atoms with Gasteiger partial charge in [-0.3, -0.25) is 4.57 Å². The van der Waals surface area contributed by atoms with Gasteiger partial charge in [0.05, 0.1) is 26.8 Å². The highest BCUT2D eigenvalue weighted by Crippen LogP contribution is 2.50. The quantitative estimate of drug-likeness (QED) is 0.167. The maximum atomic E-state index is 5.77. The number of fused-ring (bicyclic) bond motifs is 15. The van der Waals surface area contributed by atoms with Crippen molar-refractivity contribution in [2.24, 2.45) is 5.92 Å². The minimum Gasteiger partial charge on any atom is -0.290 e. The van der Waals surface area contributed by atoms with Crippen molar-refractivity contribution in [3.63, 3.8) is 0 Å². The zero-order valence-electron chi connectivity index (χ0n) is 29.7. The van der Waals surface area contributed by atoms with Crippen molar-refractivity contribution in [3.05, 3.63) is 157 Å². The van der Waals surface area contributed by atoms with Gasteiger partial charge < -0.3 is 0 Å². The van der Waals surface area contributed by atoms with Crippen LogP contribution in [0.1, 0.15) is 24.5 Å². The molecule has 0 amide bonds. The molecule has 1 aliphatic carbocycles. The number of hydrogen-bond donors (Lipinski definition) is 0. The molecule has 1 unspecified atom stereocenters. The maximum absolute atomic E-state index is 5.77. The molecule has 0 fully saturated rings. The standard InChI is InChI=1S/C50H33N3S/c1-29-12-10-21-36-39(26-29)44-38-20-8-9-23-42(38)53(48(44)49-45(36)40-27-32-15-2-3-16-33(32)28-43(40)54-49)50-47(37-22-11-17-30-13-4-6-18-34(30)37)51-41-25-24-31-14-5-7-19-35(31)46(41)52-50/h2-11,13-25,27-29H,12,26H2,1H3. The highest BCUT2D eigenvalue weighted by atomic mass is 32.1. The number of aromatic nitrogens is 3. The molecule has 8 aromatic carbocycles. The Bertz CT molecular complexity index is 3410. The van der Waals surface area contributed by atoms with E-state index in [4.69, 9.17) is 9.97 Å². The minimum atomic E-state index is 0.522.